The Morgan fingerprint density at radius 3 is 2.71 bits per heavy atom. The van der Waals surface area contributed by atoms with E-state index in [1.807, 2.05) is 6.20 Å². The van der Waals surface area contributed by atoms with Crippen LogP contribution in [0.15, 0.2) is 12.5 Å². The summed E-state index contributed by atoms with van der Waals surface area (Å²) in [6.45, 7) is 8.47. The number of nitrogens with one attached hydrogen (secondary N) is 1. The molecule has 0 saturated carbocycles. The quantitative estimate of drug-likeness (QED) is 0.682. The fourth-order valence-corrected chi connectivity index (χ4v) is 1.19. The molecule has 3 nitrogen and oxygen atoms in total. The van der Waals surface area contributed by atoms with E-state index in [0.717, 1.165) is 25.4 Å². The topological polar surface area (TPSA) is 37.8 Å². The molecule has 78 valence electrons. The first kappa shape index (κ1) is 11.1. The highest BCUT2D eigenvalue weighted by Gasteiger charge is 2.07. The molecule has 0 radical (unpaired) electrons. The molecule has 0 fully saturated rings. The zero-order valence-electron chi connectivity index (χ0n) is 9.25. The van der Waals surface area contributed by atoms with Crippen molar-refractivity contribution in [3.63, 3.8) is 0 Å². The van der Waals surface area contributed by atoms with E-state index in [1.165, 1.54) is 11.3 Å². The highest BCUT2D eigenvalue weighted by Crippen LogP contribution is 2.07. The van der Waals surface area contributed by atoms with E-state index in [4.69, 9.17) is 0 Å². The fourth-order valence-electron chi connectivity index (χ4n) is 1.19. The van der Waals surface area contributed by atoms with Crippen molar-refractivity contribution in [2.45, 2.75) is 33.7 Å². The molecule has 3 heteroatoms. The van der Waals surface area contributed by atoms with Crippen molar-refractivity contribution in [1.29, 1.82) is 0 Å². The van der Waals surface area contributed by atoms with Gasteiger partial charge in [0.2, 0.25) is 0 Å². The molecular formula is C11H19N3. The first-order chi connectivity index (χ1) is 6.70. The summed E-state index contributed by atoms with van der Waals surface area (Å²) in [6, 6.07) is 0. The fraction of sp³-hybridized carbons (Fsp3) is 0.636. The van der Waals surface area contributed by atoms with E-state index in [-0.39, 0.29) is 0 Å². The van der Waals surface area contributed by atoms with Crippen molar-refractivity contribution in [3.8, 4) is 0 Å². The van der Waals surface area contributed by atoms with Crippen molar-refractivity contribution in [1.82, 2.24) is 15.3 Å². The van der Waals surface area contributed by atoms with Crippen LogP contribution in [0.2, 0.25) is 0 Å². The highest BCUT2D eigenvalue weighted by molar-refractivity contribution is 5.18. The second kappa shape index (κ2) is 5.70. The van der Waals surface area contributed by atoms with E-state index < -0.39 is 0 Å². The lowest BCUT2D eigenvalue weighted by Gasteiger charge is -2.13. The summed E-state index contributed by atoms with van der Waals surface area (Å²) in [4.78, 5) is 8.12. The first-order valence-electron chi connectivity index (χ1n) is 5.18. The summed E-state index contributed by atoms with van der Waals surface area (Å²) in [7, 11) is 0. The lowest BCUT2D eigenvalue weighted by atomic mass is 10.1. The van der Waals surface area contributed by atoms with E-state index in [2.05, 4.69) is 36.1 Å². The number of nitrogens with zero attached hydrogens (tertiary/aromatic N) is 2. The minimum absolute atomic E-state index is 0.833. The molecule has 0 saturated heterocycles. The minimum atomic E-state index is 0.833. The van der Waals surface area contributed by atoms with Gasteiger partial charge >= 0.3 is 0 Å². The smallest absolute Gasteiger partial charge is 0.115 e. The predicted molar refractivity (Wildman–Crippen MR) is 58.0 cm³/mol. The van der Waals surface area contributed by atoms with Gasteiger partial charge in [0.1, 0.15) is 6.33 Å². The number of hydrogen-bond donors (Lipinski definition) is 1. The highest BCUT2D eigenvalue weighted by atomic mass is 14.9. The third kappa shape index (κ3) is 3.83. The van der Waals surface area contributed by atoms with Crippen LogP contribution in [0.4, 0.5) is 0 Å². The van der Waals surface area contributed by atoms with Crippen LogP contribution in [-0.4, -0.2) is 16.5 Å². The van der Waals surface area contributed by atoms with Crippen LogP contribution in [0.3, 0.4) is 0 Å². The molecule has 0 unspecified atom stereocenters. The molecule has 0 atom stereocenters. The molecule has 1 aliphatic rings. The third-order valence-electron chi connectivity index (χ3n) is 1.74. The summed E-state index contributed by atoms with van der Waals surface area (Å²) < 4.78 is 0. The molecule has 1 aliphatic heterocycles. The Balaban J connectivity index is 0.000000213. The van der Waals surface area contributed by atoms with Crippen LogP contribution in [0, 0.1) is 5.92 Å². The Morgan fingerprint density at radius 1 is 1.36 bits per heavy atom. The van der Waals surface area contributed by atoms with Gasteiger partial charge in [0.25, 0.3) is 0 Å². The van der Waals surface area contributed by atoms with Gasteiger partial charge < -0.3 is 5.32 Å². The second-order valence-corrected chi connectivity index (χ2v) is 4.15. The van der Waals surface area contributed by atoms with Crippen LogP contribution in [0.25, 0.3) is 0 Å². The maximum absolute atomic E-state index is 4.17. The Bertz CT molecular complexity index is 243. The van der Waals surface area contributed by atoms with Crippen LogP contribution in [-0.2, 0) is 13.0 Å². The molecule has 2 rings (SSSR count). The zero-order valence-corrected chi connectivity index (χ0v) is 9.25. The zero-order chi connectivity index (χ0) is 10.4. The van der Waals surface area contributed by atoms with E-state index in [9.17, 15) is 0 Å². The van der Waals surface area contributed by atoms with E-state index in [0.29, 0.717) is 0 Å². The van der Waals surface area contributed by atoms with Crippen LogP contribution in [0.5, 0.6) is 0 Å². The Kier molecular flexibility index (Phi) is 4.53. The molecule has 0 aromatic carbocycles. The van der Waals surface area contributed by atoms with Gasteiger partial charge in [-0.25, -0.2) is 9.97 Å². The molecule has 14 heavy (non-hydrogen) atoms. The van der Waals surface area contributed by atoms with Gasteiger partial charge in [0.05, 0.1) is 0 Å². The van der Waals surface area contributed by atoms with Crippen molar-refractivity contribution in [2.24, 2.45) is 5.92 Å². The first-order valence-corrected chi connectivity index (χ1v) is 5.18. The molecule has 2 heterocycles. The number of hydrogen-bond acceptors (Lipinski definition) is 3. The standard InChI is InChI=1S/C7H9N3.C4H10/c1-2-8-3-6-4-9-5-10-7(1)6;1-4(2)3/h4-5,8H,1-3H2;4H,1-3H3. The van der Waals surface area contributed by atoms with Gasteiger partial charge in [0.15, 0.2) is 0 Å². The van der Waals surface area contributed by atoms with Crippen LogP contribution >= 0.6 is 0 Å². The maximum Gasteiger partial charge on any atom is 0.115 e. The normalized spacial score (nSPS) is 14.3. The van der Waals surface area contributed by atoms with Crippen molar-refractivity contribution in [2.75, 3.05) is 6.54 Å². The summed E-state index contributed by atoms with van der Waals surface area (Å²) in [5, 5.41) is 3.26. The maximum atomic E-state index is 4.17. The van der Waals surface area contributed by atoms with Crippen molar-refractivity contribution < 1.29 is 0 Å². The molecule has 1 aromatic heterocycles. The van der Waals surface area contributed by atoms with Gasteiger partial charge in [0, 0.05) is 37.0 Å². The predicted octanol–water partition coefficient (Wildman–Crippen LogP) is 1.78. The van der Waals surface area contributed by atoms with Gasteiger partial charge in [-0.15, -0.1) is 0 Å². The molecular weight excluding hydrogens is 174 g/mol. The van der Waals surface area contributed by atoms with Crippen molar-refractivity contribution in [3.05, 3.63) is 23.8 Å². The molecule has 0 spiro atoms. The van der Waals surface area contributed by atoms with Crippen LogP contribution < -0.4 is 5.32 Å². The largest absolute Gasteiger partial charge is 0.312 e. The Hall–Kier alpha value is -0.960. The number of fused-ring (bicyclic) bond motifs is 1. The lowest BCUT2D eigenvalue weighted by Crippen LogP contribution is -2.24. The molecule has 1 aromatic rings. The molecule has 0 amide bonds. The summed E-state index contributed by atoms with van der Waals surface area (Å²) >= 11 is 0. The monoisotopic (exact) mass is 193 g/mol. The van der Waals surface area contributed by atoms with E-state index >= 15 is 0 Å². The second-order valence-electron chi connectivity index (χ2n) is 4.15. The van der Waals surface area contributed by atoms with Gasteiger partial charge in [-0.1, -0.05) is 20.8 Å². The SMILES string of the molecule is CC(C)C.c1ncc2c(n1)CCNC2. The van der Waals surface area contributed by atoms with E-state index in [1.54, 1.807) is 6.33 Å². The average Bonchev–Trinajstić information content (AvgIpc) is 2.17. The number of rotatable bonds is 0. The molecule has 0 bridgehead atoms. The summed E-state index contributed by atoms with van der Waals surface area (Å²) in [6.07, 6.45) is 4.54. The molecule has 1 N–H and O–H groups in total. The summed E-state index contributed by atoms with van der Waals surface area (Å²) in [5.74, 6) is 0.833. The Labute approximate surface area is 86.0 Å². The van der Waals surface area contributed by atoms with Gasteiger partial charge in [-0.2, -0.15) is 0 Å². The lowest BCUT2D eigenvalue weighted by molar-refractivity contribution is 0.625. The number of aromatic nitrogens is 2. The third-order valence-corrected chi connectivity index (χ3v) is 1.74. The van der Waals surface area contributed by atoms with Crippen LogP contribution in [0.1, 0.15) is 32.0 Å². The van der Waals surface area contributed by atoms with Crippen molar-refractivity contribution >= 4 is 0 Å². The summed E-state index contributed by atoms with van der Waals surface area (Å²) in [5.41, 5.74) is 2.45. The van der Waals surface area contributed by atoms with Gasteiger partial charge in [-0.3, -0.25) is 0 Å². The minimum Gasteiger partial charge on any atom is -0.312 e. The van der Waals surface area contributed by atoms with Gasteiger partial charge in [-0.05, 0) is 5.92 Å². The molecule has 0 aliphatic carbocycles. The Morgan fingerprint density at radius 2 is 2.07 bits per heavy atom. The average molecular weight is 193 g/mol.